The normalized spacial score (nSPS) is 19.7. The van der Waals surface area contributed by atoms with Crippen LogP contribution in [0.4, 0.5) is 23.1 Å². The molecule has 8 nitrogen and oxygen atoms in total. The fraction of sp³-hybridized carbons (Fsp3) is 0.444. The van der Waals surface area contributed by atoms with Gasteiger partial charge in [-0.25, -0.2) is 4.98 Å². The highest BCUT2D eigenvalue weighted by Gasteiger charge is 2.25. The Morgan fingerprint density at radius 1 is 1.19 bits per heavy atom. The average molecular weight is 391 g/mol. The van der Waals surface area contributed by atoms with Crippen molar-refractivity contribution in [2.24, 2.45) is 0 Å². The third kappa shape index (κ3) is 5.05. The molecule has 9 heteroatoms. The van der Waals surface area contributed by atoms with E-state index in [1.807, 2.05) is 0 Å². The molecule has 0 bridgehead atoms. The largest absolute Gasteiger partial charge is 0.361 e. The molecule has 0 unspecified atom stereocenters. The number of rotatable bonds is 6. The van der Waals surface area contributed by atoms with Gasteiger partial charge in [-0.2, -0.15) is 4.98 Å². The minimum Gasteiger partial charge on any atom is -0.361 e. The Balaban J connectivity index is 1.74. The minimum absolute atomic E-state index is 0.119. The summed E-state index contributed by atoms with van der Waals surface area (Å²) in [5, 5.41) is 18.3. The van der Waals surface area contributed by atoms with Crippen molar-refractivity contribution in [1.29, 1.82) is 0 Å². The summed E-state index contributed by atoms with van der Waals surface area (Å²) in [6.45, 7) is 0. The Labute approximate surface area is 163 Å². The van der Waals surface area contributed by atoms with Crippen LogP contribution in [0.5, 0.6) is 0 Å². The summed E-state index contributed by atoms with van der Waals surface area (Å²) in [7, 11) is 4.17. The Bertz CT molecular complexity index is 791. The fourth-order valence-corrected chi connectivity index (χ4v) is 3.39. The first-order valence-electron chi connectivity index (χ1n) is 8.89. The number of nitrogens with one attached hydrogen (secondary N) is 2. The van der Waals surface area contributed by atoms with E-state index in [1.54, 1.807) is 24.3 Å². The van der Waals surface area contributed by atoms with E-state index in [-0.39, 0.29) is 17.5 Å². The zero-order valence-electron chi connectivity index (χ0n) is 15.4. The van der Waals surface area contributed by atoms with Crippen molar-refractivity contribution in [3.8, 4) is 0 Å². The van der Waals surface area contributed by atoms with Crippen LogP contribution in [0.15, 0.2) is 30.5 Å². The highest BCUT2D eigenvalue weighted by Crippen LogP contribution is 2.29. The lowest BCUT2D eigenvalue weighted by Gasteiger charge is -2.33. The lowest BCUT2D eigenvalue weighted by atomic mass is 9.90. The smallest absolute Gasteiger partial charge is 0.329 e. The molecule has 2 aromatic rings. The van der Waals surface area contributed by atoms with Gasteiger partial charge in [-0.3, -0.25) is 10.1 Å². The van der Waals surface area contributed by atoms with Gasteiger partial charge in [0.1, 0.15) is 6.20 Å². The summed E-state index contributed by atoms with van der Waals surface area (Å²) < 4.78 is 0. The maximum atomic E-state index is 11.4. The molecule has 1 aliphatic rings. The minimum atomic E-state index is -0.458. The topological polar surface area (TPSA) is 96.2 Å². The summed E-state index contributed by atoms with van der Waals surface area (Å²) in [6, 6.07) is 7.81. The van der Waals surface area contributed by atoms with E-state index in [9.17, 15) is 10.1 Å². The molecule has 0 saturated heterocycles. The van der Waals surface area contributed by atoms with E-state index in [0.29, 0.717) is 17.0 Å². The number of aromatic nitrogens is 2. The van der Waals surface area contributed by atoms with Gasteiger partial charge in [-0.05, 0) is 64.0 Å². The average Bonchev–Trinajstić information content (AvgIpc) is 2.64. The van der Waals surface area contributed by atoms with Gasteiger partial charge in [0, 0.05) is 22.8 Å². The lowest BCUT2D eigenvalue weighted by Crippen LogP contribution is -2.36. The Morgan fingerprint density at radius 2 is 1.85 bits per heavy atom. The van der Waals surface area contributed by atoms with E-state index in [2.05, 4.69) is 39.6 Å². The van der Waals surface area contributed by atoms with Gasteiger partial charge in [-0.1, -0.05) is 11.6 Å². The van der Waals surface area contributed by atoms with E-state index >= 15 is 0 Å². The molecule has 0 radical (unpaired) electrons. The number of hydrogen-bond donors (Lipinski definition) is 2. The molecule has 0 amide bonds. The van der Waals surface area contributed by atoms with Gasteiger partial charge in [0.2, 0.25) is 11.8 Å². The van der Waals surface area contributed by atoms with Crippen molar-refractivity contribution in [1.82, 2.24) is 14.9 Å². The third-order valence-electron chi connectivity index (χ3n) is 4.83. The zero-order valence-corrected chi connectivity index (χ0v) is 16.1. The van der Waals surface area contributed by atoms with Gasteiger partial charge >= 0.3 is 5.69 Å². The monoisotopic (exact) mass is 390 g/mol. The van der Waals surface area contributed by atoms with Crippen LogP contribution in [-0.2, 0) is 0 Å². The molecular formula is C18H23ClN6O2. The standard InChI is InChI=1S/C18H23ClN6O2/c1-24(2)15-9-7-13(8-10-15)21-17-16(25(26)27)11-20-18(23-17)22-14-5-3-12(19)4-6-14/h3-6,11,13,15H,7-10H2,1-2H3,(H2,20,21,22,23). The zero-order chi connectivity index (χ0) is 19.4. The van der Waals surface area contributed by atoms with Gasteiger partial charge in [0.05, 0.1) is 4.92 Å². The van der Waals surface area contributed by atoms with Gasteiger partial charge in [-0.15, -0.1) is 0 Å². The van der Waals surface area contributed by atoms with Gasteiger partial charge in [0.25, 0.3) is 0 Å². The number of halogens is 1. The molecule has 144 valence electrons. The maximum absolute atomic E-state index is 11.4. The van der Waals surface area contributed by atoms with Crippen LogP contribution in [0.1, 0.15) is 25.7 Å². The molecular weight excluding hydrogens is 368 g/mol. The molecule has 1 aliphatic carbocycles. The third-order valence-corrected chi connectivity index (χ3v) is 5.09. The van der Waals surface area contributed by atoms with E-state index in [4.69, 9.17) is 11.6 Å². The van der Waals surface area contributed by atoms with Crippen LogP contribution in [0.25, 0.3) is 0 Å². The second-order valence-corrected chi connectivity index (χ2v) is 7.37. The predicted octanol–water partition coefficient (Wildman–Crippen LogP) is 4.07. The highest BCUT2D eigenvalue weighted by molar-refractivity contribution is 6.30. The quantitative estimate of drug-likeness (QED) is 0.566. The first kappa shape index (κ1) is 19.3. The molecule has 1 fully saturated rings. The van der Waals surface area contributed by atoms with Crippen molar-refractivity contribution in [2.75, 3.05) is 24.7 Å². The van der Waals surface area contributed by atoms with Gasteiger partial charge < -0.3 is 15.5 Å². The second-order valence-electron chi connectivity index (χ2n) is 6.93. The molecule has 1 heterocycles. The van der Waals surface area contributed by atoms with Crippen molar-refractivity contribution < 1.29 is 4.92 Å². The first-order valence-corrected chi connectivity index (χ1v) is 9.27. The number of benzene rings is 1. The molecule has 0 spiro atoms. The van der Waals surface area contributed by atoms with Gasteiger partial charge in [0.15, 0.2) is 0 Å². The first-order chi connectivity index (χ1) is 12.9. The highest BCUT2D eigenvalue weighted by atomic mass is 35.5. The second kappa shape index (κ2) is 8.49. The summed E-state index contributed by atoms with van der Waals surface area (Å²) in [6.07, 6.45) is 5.24. The van der Waals surface area contributed by atoms with Crippen molar-refractivity contribution in [3.63, 3.8) is 0 Å². The van der Waals surface area contributed by atoms with E-state index in [1.165, 1.54) is 6.20 Å². The molecule has 0 aliphatic heterocycles. The summed E-state index contributed by atoms with van der Waals surface area (Å²) in [5.74, 6) is 0.548. The number of nitrogens with zero attached hydrogens (tertiary/aromatic N) is 4. The molecule has 1 aromatic heterocycles. The van der Waals surface area contributed by atoms with Crippen molar-refractivity contribution in [3.05, 3.63) is 45.6 Å². The van der Waals surface area contributed by atoms with Crippen LogP contribution in [-0.4, -0.2) is 46.0 Å². The lowest BCUT2D eigenvalue weighted by molar-refractivity contribution is -0.384. The van der Waals surface area contributed by atoms with Crippen LogP contribution in [0.2, 0.25) is 5.02 Å². The summed E-state index contributed by atoms with van der Waals surface area (Å²) in [4.78, 5) is 21.5. The Kier molecular flexibility index (Phi) is 6.08. The molecule has 2 N–H and O–H groups in total. The summed E-state index contributed by atoms with van der Waals surface area (Å²) in [5.41, 5.74) is 0.636. The fourth-order valence-electron chi connectivity index (χ4n) is 3.27. The molecule has 0 atom stereocenters. The maximum Gasteiger partial charge on any atom is 0.329 e. The summed E-state index contributed by atoms with van der Waals surface area (Å²) >= 11 is 5.89. The van der Waals surface area contributed by atoms with Crippen molar-refractivity contribution >= 4 is 34.7 Å². The Morgan fingerprint density at radius 3 is 2.44 bits per heavy atom. The van der Waals surface area contributed by atoms with Crippen LogP contribution in [0, 0.1) is 10.1 Å². The van der Waals surface area contributed by atoms with Crippen LogP contribution in [0.3, 0.4) is 0 Å². The van der Waals surface area contributed by atoms with Crippen molar-refractivity contribution in [2.45, 2.75) is 37.8 Å². The SMILES string of the molecule is CN(C)C1CCC(Nc2nc(Nc3ccc(Cl)cc3)ncc2[N+](=O)[O-])CC1. The number of nitro groups is 1. The predicted molar refractivity (Wildman–Crippen MR) is 107 cm³/mol. The van der Waals surface area contributed by atoms with E-state index in [0.717, 1.165) is 31.4 Å². The van der Waals surface area contributed by atoms with Crippen LogP contribution < -0.4 is 10.6 Å². The Hall–Kier alpha value is -2.45. The number of anilines is 3. The molecule has 1 saturated carbocycles. The molecule has 1 aromatic carbocycles. The molecule has 27 heavy (non-hydrogen) atoms. The van der Waals surface area contributed by atoms with Crippen LogP contribution >= 0.6 is 11.6 Å². The number of hydrogen-bond acceptors (Lipinski definition) is 7. The van der Waals surface area contributed by atoms with E-state index < -0.39 is 4.92 Å². The molecule has 3 rings (SSSR count).